The van der Waals surface area contributed by atoms with E-state index in [1.54, 1.807) is 12.1 Å². The monoisotopic (exact) mass is 433 g/mol. The summed E-state index contributed by atoms with van der Waals surface area (Å²) in [5.74, 6) is -0.826. The highest BCUT2D eigenvalue weighted by molar-refractivity contribution is 6.35. The van der Waals surface area contributed by atoms with Crippen LogP contribution in [-0.4, -0.2) is 17.9 Å². The minimum Gasteiger partial charge on any atom is -0.459 e. The van der Waals surface area contributed by atoms with Gasteiger partial charge in [0.2, 0.25) is 0 Å². The van der Waals surface area contributed by atoms with Crippen molar-refractivity contribution in [1.82, 2.24) is 5.32 Å². The van der Waals surface area contributed by atoms with E-state index in [1.807, 2.05) is 13.0 Å². The van der Waals surface area contributed by atoms with E-state index in [4.69, 9.17) is 27.9 Å². The average Bonchev–Trinajstić information content (AvgIpc) is 2.68. The average molecular weight is 434 g/mol. The number of esters is 1. The summed E-state index contributed by atoms with van der Waals surface area (Å²) in [6.45, 7) is 1.87. The number of nitrogens with one attached hydrogen (secondary N) is 1. The molecule has 0 radical (unpaired) electrons. The Kier molecular flexibility index (Phi) is 6.03. The second-order valence-corrected chi connectivity index (χ2v) is 8.94. The highest BCUT2D eigenvalue weighted by Crippen LogP contribution is 2.45. The van der Waals surface area contributed by atoms with Gasteiger partial charge >= 0.3 is 5.97 Å². The zero-order chi connectivity index (χ0) is 20.5. The molecule has 0 amide bonds. The summed E-state index contributed by atoms with van der Waals surface area (Å²) in [7, 11) is 0. The molecule has 1 atom stereocenters. The van der Waals surface area contributed by atoms with Gasteiger partial charge in [-0.1, -0.05) is 35.7 Å². The molecule has 0 bridgehead atoms. The van der Waals surface area contributed by atoms with E-state index < -0.39 is 5.92 Å². The van der Waals surface area contributed by atoms with Gasteiger partial charge in [-0.05, 0) is 63.1 Å². The van der Waals surface area contributed by atoms with Crippen molar-refractivity contribution in [3.8, 4) is 0 Å². The molecule has 154 valence electrons. The predicted molar refractivity (Wildman–Crippen MR) is 114 cm³/mol. The summed E-state index contributed by atoms with van der Waals surface area (Å²) < 4.78 is 5.89. The molecule has 2 aliphatic carbocycles. The smallest absolute Gasteiger partial charge is 0.337 e. The Labute approximate surface area is 181 Å². The Bertz CT molecular complexity index is 913. The minimum atomic E-state index is -0.528. The minimum absolute atomic E-state index is 0.0599. The van der Waals surface area contributed by atoms with Gasteiger partial charge in [0, 0.05) is 39.4 Å². The van der Waals surface area contributed by atoms with Crippen LogP contribution in [0.15, 0.2) is 40.7 Å². The van der Waals surface area contributed by atoms with Crippen LogP contribution in [0.1, 0.15) is 69.8 Å². The van der Waals surface area contributed by atoms with Crippen LogP contribution in [0.3, 0.4) is 0 Å². The van der Waals surface area contributed by atoms with E-state index in [0.717, 1.165) is 55.5 Å². The van der Waals surface area contributed by atoms with Crippen molar-refractivity contribution in [3.05, 3.63) is 56.3 Å². The van der Waals surface area contributed by atoms with Gasteiger partial charge in [-0.15, -0.1) is 0 Å². The van der Waals surface area contributed by atoms with Crippen LogP contribution < -0.4 is 5.32 Å². The van der Waals surface area contributed by atoms with Gasteiger partial charge in [0.05, 0.1) is 5.57 Å². The van der Waals surface area contributed by atoms with Crippen molar-refractivity contribution < 1.29 is 14.3 Å². The van der Waals surface area contributed by atoms with E-state index in [2.05, 4.69) is 5.32 Å². The third-order valence-electron chi connectivity index (χ3n) is 6.10. The number of carbonyl (C=O) groups excluding carboxylic acids is 2. The third-order valence-corrected chi connectivity index (χ3v) is 6.66. The molecule has 0 spiro atoms. The number of hydrogen-bond acceptors (Lipinski definition) is 4. The molecule has 1 heterocycles. The van der Waals surface area contributed by atoms with Gasteiger partial charge in [0.15, 0.2) is 5.78 Å². The quantitative estimate of drug-likeness (QED) is 0.608. The van der Waals surface area contributed by atoms with Gasteiger partial charge in [-0.2, -0.15) is 0 Å². The molecule has 1 aliphatic heterocycles. The zero-order valence-corrected chi connectivity index (χ0v) is 18.0. The molecular formula is C23H25Cl2NO3. The Morgan fingerprint density at radius 3 is 2.59 bits per heavy atom. The molecule has 1 saturated carbocycles. The number of allylic oxidation sites excluding steroid dienone is 3. The van der Waals surface area contributed by atoms with E-state index >= 15 is 0 Å². The molecule has 1 aromatic rings. The second kappa shape index (κ2) is 8.53. The largest absolute Gasteiger partial charge is 0.459 e. The maximum absolute atomic E-state index is 13.3. The number of rotatable bonds is 3. The van der Waals surface area contributed by atoms with E-state index in [-0.39, 0.29) is 17.9 Å². The van der Waals surface area contributed by atoms with Crippen molar-refractivity contribution in [1.29, 1.82) is 0 Å². The first-order chi connectivity index (χ1) is 14.0. The highest BCUT2D eigenvalue weighted by Gasteiger charge is 2.40. The lowest BCUT2D eigenvalue weighted by Gasteiger charge is -2.35. The Balaban J connectivity index is 1.76. The van der Waals surface area contributed by atoms with Crippen LogP contribution in [-0.2, 0) is 14.3 Å². The number of ether oxygens (including phenoxy) is 1. The number of ketones is 1. The SMILES string of the molecule is CC1=C(C(=O)OC2CCCCC2)C(c2ccc(Cl)cc2Cl)C2=C(CCCC2=O)N1. The van der Waals surface area contributed by atoms with Crippen molar-refractivity contribution >= 4 is 35.0 Å². The molecule has 6 heteroatoms. The van der Waals surface area contributed by atoms with Crippen molar-refractivity contribution in [3.63, 3.8) is 0 Å². The number of dihydropyridines is 1. The lowest BCUT2D eigenvalue weighted by atomic mass is 9.75. The molecule has 1 unspecified atom stereocenters. The summed E-state index contributed by atoms with van der Waals surface area (Å²) in [4.78, 5) is 26.2. The number of halogens is 2. The normalized spacial score (nSPS) is 23.0. The van der Waals surface area contributed by atoms with Crippen LogP contribution in [0.4, 0.5) is 0 Å². The molecule has 0 aromatic heterocycles. The number of benzene rings is 1. The third kappa shape index (κ3) is 4.10. The van der Waals surface area contributed by atoms with Gasteiger partial charge in [-0.25, -0.2) is 4.79 Å². The van der Waals surface area contributed by atoms with Crippen molar-refractivity contribution in [2.24, 2.45) is 0 Å². The van der Waals surface area contributed by atoms with E-state index in [0.29, 0.717) is 27.6 Å². The van der Waals surface area contributed by atoms with E-state index in [1.165, 1.54) is 6.42 Å². The number of Topliss-reactive ketones (excluding diaryl/α,β-unsaturated/α-hetero) is 1. The van der Waals surface area contributed by atoms with Crippen molar-refractivity contribution in [2.45, 2.75) is 70.3 Å². The summed E-state index contributed by atoms with van der Waals surface area (Å²) in [5, 5.41) is 4.28. The molecule has 0 saturated heterocycles. The first-order valence-electron chi connectivity index (χ1n) is 10.4. The van der Waals surface area contributed by atoms with Gasteiger partial charge in [0.25, 0.3) is 0 Å². The van der Waals surface area contributed by atoms with Crippen LogP contribution in [0.2, 0.25) is 10.0 Å². The Hall–Kier alpha value is -1.78. The molecule has 1 aromatic carbocycles. The van der Waals surface area contributed by atoms with Gasteiger partial charge in [0.1, 0.15) is 6.10 Å². The lowest BCUT2D eigenvalue weighted by molar-refractivity contribution is -0.146. The molecule has 4 nitrogen and oxygen atoms in total. The fraction of sp³-hybridized carbons (Fsp3) is 0.478. The maximum Gasteiger partial charge on any atom is 0.337 e. The van der Waals surface area contributed by atoms with Crippen LogP contribution >= 0.6 is 23.2 Å². The molecule has 29 heavy (non-hydrogen) atoms. The summed E-state index contributed by atoms with van der Waals surface area (Å²) in [6, 6.07) is 5.22. The lowest BCUT2D eigenvalue weighted by Crippen LogP contribution is -2.35. The number of hydrogen-bond donors (Lipinski definition) is 1. The molecule has 3 aliphatic rings. The molecule has 1 fully saturated rings. The van der Waals surface area contributed by atoms with E-state index in [9.17, 15) is 9.59 Å². The summed E-state index contributed by atoms with van der Waals surface area (Å²) >= 11 is 12.6. The molecule has 4 rings (SSSR count). The second-order valence-electron chi connectivity index (χ2n) is 8.10. The van der Waals surface area contributed by atoms with Crippen LogP contribution in [0.5, 0.6) is 0 Å². The molecule has 1 N–H and O–H groups in total. The molecular weight excluding hydrogens is 409 g/mol. The van der Waals surface area contributed by atoms with Gasteiger partial charge < -0.3 is 10.1 Å². The highest BCUT2D eigenvalue weighted by atomic mass is 35.5. The van der Waals surface area contributed by atoms with Gasteiger partial charge in [-0.3, -0.25) is 4.79 Å². The first-order valence-corrected chi connectivity index (χ1v) is 11.1. The zero-order valence-electron chi connectivity index (χ0n) is 16.5. The summed E-state index contributed by atoms with van der Waals surface area (Å²) in [6.07, 6.45) is 7.14. The Morgan fingerprint density at radius 2 is 1.86 bits per heavy atom. The fourth-order valence-electron chi connectivity index (χ4n) is 4.70. The van der Waals surface area contributed by atoms with Crippen molar-refractivity contribution in [2.75, 3.05) is 0 Å². The van der Waals surface area contributed by atoms with Crippen LogP contribution in [0, 0.1) is 0 Å². The number of carbonyl (C=O) groups is 2. The summed E-state index contributed by atoms with van der Waals surface area (Å²) in [5.41, 5.74) is 3.46. The maximum atomic E-state index is 13.3. The fourth-order valence-corrected chi connectivity index (χ4v) is 5.22. The topological polar surface area (TPSA) is 55.4 Å². The Morgan fingerprint density at radius 1 is 1.10 bits per heavy atom. The van der Waals surface area contributed by atoms with Crippen LogP contribution in [0.25, 0.3) is 0 Å². The standard InChI is InChI=1S/C23H25Cl2NO3/c1-13-20(23(28)29-15-6-3-2-4-7-15)21(16-11-10-14(24)12-17(16)25)22-18(26-13)8-5-9-19(22)27/h10-12,15,21,26H,2-9H2,1H3. The predicted octanol–water partition coefficient (Wildman–Crippen LogP) is 5.84. The first kappa shape index (κ1) is 20.5.